The van der Waals surface area contributed by atoms with Gasteiger partial charge in [0, 0.05) is 87.4 Å². The van der Waals surface area contributed by atoms with Gasteiger partial charge in [-0.2, -0.15) is 0 Å². The van der Waals surface area contributed by atoms with Crippen LogP contribution in [0.1, 0.15) is 0 Å². The predicted molar refractivity (Wildman–Crippen MR) is 326 cm³/mol. The summed E-state index contributed by atoms with van der Waals surface area (Å²) in [4.78, 5) is 12.4. The van der Waals surface area contributed by atoms with E-state index >= 15 is 0 Å². The van der Waals surface area contributed by atoms with Crippen LogP contribution in [0.3, 0.4) is 0 Å². The fourth-order valence-corrected chi connectivity index (χ4v) is 11.9. The molecule has 0 spiro atoms. The minimum Gasteiger partial charge on any atom is -0.456 e. The van der Waals surface area contributed by atoms with E-state index in [2.05, 4.69) is 193 Å². The van der Waals surface area contributed by atoms with E-state index in [0.717, 1.165) is 104 Å². The lowest BCUT2D eigenvalue weighted by atomic mass is 10.0. The number of pyridine rings is 2. The molecular formula is C70H41BrN4O4. The maximum Gasteiger partial charge on any atom is 0.153 e. The fourth-order valence-electron chi connectivity index (χ4n) is 11.6. The molecule has 18 rings (SSSR count). The minimum atomic E-state index is 0.805. The van der Waals surface area contributed by atoms with Gasteiger partial charge in [-0.05, 0) is 156 Å². The Balaban J connectivity index is 0.000000111. The molecule has 0 atom stereocenters. The average Bonchev–Trinajstić information content (AvgIpc) is 4.57. The second-order valence-electron chi connectivity index (χ2n) is 19.9. The first-order valence-electron chi connectivity index (χ1n) is 26.1. The van der Waals surface area contributed by atoms with Gasteiger partial charge in [0.15, 0.2) is 11.2 Å². The molecule has 1 N–H and O–H groups in total. The van der Waals surface area contributed by atoms with E-state index in [0.29, 0.717) is 0 Å². The molecule has 372 valence electrons. The lowest BCUT2D eigenvalue weighted by Crippen LogP contribution is -1.93. The van der Waals surface area contributed by atoms with Crippen LogP contribution < -0.4 is 0 Å². The Morgan fingerprint density at radius 2 is 0.747 bits per heavy atom. The zero-order valence-corrected chi connectivity index (χ0v) is 43.5. The van der Waals surface area contributed by atoms with E-state index in [4.69, 9.17) is 17.7 Å². The average molecular weight is 1080 g/mol. The van der Waals surface area contributed by atoms with Crippen molar-refractivity contribution in [2.45, 2.75) is 0 Å². The summed E-state index contributed by atoms with van der Waals surface area (Å²) in [5.41, 5.74) is 19.4. The third kappa shape index (κ3) is 7.50. The highest BCUT2D eigenvalue weighted by Gasteiger charge is 2.17. The molecule has 0 aliphatic heterocycles. The van der Waals surface area contributed by atoms with Crippen molar-refractivity contribution in [3.05, 3.63) is 247 Å². The smallest absolute Gasteiger partial charge is 0.153 e. The molecule has 9 heteroatoms. The number of hydrogen-bond donors (Lipinski definition) is 1. The number of H-pyrrole nitrogens is 1. The molecule has 10 aromatic carbocycles. The lowest BCUT2D eigenvalue weighted by Gasteiger charge is -2.09. The molecule has 0 amide bonds. The van der Waals surface area contributed by atoms with Gasteiger partial charge in [-0.25, -0.2) is 0 Å². The van der Waals surface area contributed by atoms with Gasteiger partial charge in [-0.15, -0.1) is 0 Å². The van der Waals surface area contributed by atoms with Crippen molar-refractivity contribution in [2.75, 3.05) is 0 Å². The SMILES string of the molecule is Brc1ccc2oc3cccnc3c2c1.c1ccc2c(c1)[nH]c1ccc(-c3ccc4oc5ccccc5c4c3)cc12.c1ccc2c(c1)oc1ccc(-c3ccc4c(c3)c3ccccc3n4-c3ccc4oc5cccnc5c4c3)cc12. The maximum atomic E-state index is 6.06. The van der Waals surface area contributed by atoms with Crippen LogP contribution in [0.5, 0.6) is 0 Å². The van der Waals surface area contributed by atoms with Crippen LogP contribution in [-0.2, 0) is 0 Å². The quantitative estimate of drug-likeness (QED) is 0.189. The Morgan fingerprint density at radius 1 is 0.304 bits per heavy atom. The summed E-state index contributed by atoms with van der Waals surface area (Å²) < 4.78 is 27.1. The Morgan fingerprint density at radius 3 is 1.42 bits per heavy atom. The molecule has 8 aromatic heterocycles. The standard InChI is InChI=1S/C35H20N2O2.C24H15NO.C11H6BrNO/c1-3-8-29-24(6-1)26-18-21(22-12-15-32-27(19-22)25-7-2-4-9-31(25)38-32)11-14-30(26)37(29)23-13-16-33-28(20-23)35-34(39-33)10-5-17-36-35;1-3-7-21-17(5-1)19-13-15(9-11-22(19)25-21)16-10-12-24-20(14-16)18-6-2-4-8-23(18)26-24;12-7-3-4-9-8(6-7)11-10(14-9)2-1-5-13-11/h1-20H;1-14,25H;1-6H. The van der Waals surface area contributed by atoms with E-state index in [-0.39, 0.29) is 0 Å². The van der Waals surface area contributed by atoms with Crippen LogP contribution in [-0.4, -0.2) is 19.5 Å². The van der Waals surface area contributed by atoms with Gasteiger partial charge < -0.3 is 27.2 Å². The number of aromatic nitrogens is 4. The van der Waals surface area contributed by atoms with Gasteiger partial charge in [-0.1, -0.05) is 113 Å². The second kappa shape index (κ2) is 17.9. The molecule has 0 saturated heterocycles. The summed E-state index contributed by atoms with van der Waals surface area (Å²) in [5, 5.41) is 11.6. The van der Waals surface area contributed by atoms with Crippen molar-refractivity contribution >= 4 is 148 Å². The summed E-state index contributed by atoms with van der Waals surface area (Å²) >= 11 is 3.43. The minimum absolute atomic E-state index is 0.805. The predicted octanol–water partition coefficient (Wildman–Crippen LogP) is 20.3. The Kier molecular flexibility index (Phi) is 10.2. The first-order chi connectivity index (χ1) is 39.0. The molecule has 18 aromatic rings. The van der Waals surface area contributed by atoms with E-state index in [9.17, 15) is 0 Å². The van der Waals surface area contributed by atoms with Crippen molar-refractivity contribution in [2.24, 2.45) is 0 Å². The molecule has 0 aliphatic carbocycles. The van der Waals surface area contributed by atoms with Crippen LogP contribution >= 0.6 is 15.9 Å². The molecule has 0 radical (unpaired) electrons. The second-order valence-corrected chi connectivity index (χ2v) is 20.8. The number of rotatable bonds is 3. The first kappa shape index (κ1) is 45.0. The fraction of sp³-hybridized carbons (Fsp3) is 0. The van der Waals surface area contributed by atoms with Crippen molar-refractivity contribution in [1.82, 2.24) is 19.5 Å². The van der Waals surface area contributed by atoms with Crippen molar-refractivity contribution in [3.63, 3.8) is 0 Å². The summed E-state index contributed by atoms with van der Waals surface area (Å²) in [6.07, 6.45) is 3.59. The van der Waals surface area contributed by atoms with Crippen LogP contribution in [0.4, 0.5) is 0 Å². The molecular weight excluding hydrogens is 1040 g/mol. The number of para-hydroxylation sites is 4. The lowest BCUT2D eigenvalue weighted by molar-refractivity contribution is 0.667. The Labute approximate surface area is 457 Å². The third-order valence-electron chi connectivity index (χ3n) is 15.3. The first-order valence-corrected chi connectivity index (χ1v) is 26.9. The topological polar surface area (TPSA) is 99.1 Å². The van der Waals surface area contributed by atoms with Crippen LogP contribution in [0, 0.1) is 0 Å². The van der Waals surface area contributed by atoms with E-state index in [1.165, 1.54) is 60.3 Å². The number of hydrogen-bond acceptors (Lipinski definition) is 6. The van der Waals surface area contributed by atoms with Gasteiger partial charge in [0.2, 0.25) is 0 Å². The van der Waals surface area contributed by atoms with Crippen LogP contribution in [0.25, 0.3) is 160 Å². The number of aromatic amines is 1. The highest BCUT2D eigenvalue weighted by atomic mass is 79.9. The third-order valence-corrected chi connectivity index (χ3v) is 15.7. The number of fused-ring (bicyclic) bond motifs is 18. The van der Waals surface area contributed by atoms with Gasteiger partial charge in [0.25, 0.3) is 0 Å². The van der Waals surface area contributed by atoms with Gasteiger partial charge >= 0.3 is 0 Å². The van der Waals surface area contributed by atoms with Crippen molar-refractivity contribution in [3.8, 4) is 27.9 Å². The van der Waals surface area contributed by atoms with Gasteiger partial charge in [0.1, 0.15) is 44.5 Å². The number of nitrogens with one attached hydrogen (secondary N) is 1. The van der Waals surface area contributed by atoms with Crippen molar-refractivity contribution < 1.29 is 17.7 Å². The summed E-state index contributed by atoms with van der Waals surface area (Å²) in [5.74, 6) is 0. The molecule has 0 saturated carbocycles. The molecule has 0 aliphatic rings. The molecule has 0 bridgehead atoms. The van der Waals surface area contributed by atoms with E-state index < -0.39 is 0 Å². The normalized spacial score (nSPS) is 11.9. The molecule has 0 fully saturated rings. The van der Waals surface area contributed by atoms with Crippen molar-refractivity contribution in [1.29, 1.82) is 0 Å². The summed E-state index contributed by atoms with van der Waals surface area (Å²) in [6, 6.07) is 79.8. The highest BCUT2D eigenvalue weighted by Crippen LogP contribution is 2.40. The number of nitrogens with zero attached hydrogens (tertiary/aromatic N) is 3. The number of furan rings is 4. The molecule has 8 nitrogen and oxygen atoms in total. The highest BCUT2D eigenvalue weighted by molar-refractivity contribution is 9.10. The monoisotopic (exact) mass is 1080 g/mol. The number of halogens is 1. The Hall–Kier alpha value is -10.2. The van der Waals surface area contributed by atoms with Gasteiger partial charge in [0.05, 0.1) is 11.0 Å². The maximum absolute atomic E-state index is 6.06. The zero-order valence-electron chi connectivity index (χ0n) is 41.9. The number of benzene rings is 10. The molecule has 0 unspecified atom stereocenters. The zero-order chi connectivity index (χ0) is 52.1. The van der Waals surface area contributed by atoms with Crippen LogP contribution in [0.2, 0.25) is 0 Å². The molecule has 79 heavy (non-hydrogen) atoms. The van der Waals surface area contributed by atoms with Gasteiger partial charge in [-0.3, -0.25) is 9.97 Å². The summed E-state index contributed by atoms with van der Waals surface area (Å²) in [6.45, 7) is 0. The van der Waals surface area contributed by atoms with E-state index in [1.807, 2.05) is 79.0 Å². The largest absolute Gasteiger partial charge is 0.456 e. The molecule has 8 heterocycles. The Bertz CT molecular complexity index is 5330. The van der Waals surface area contributed by atoms with Crippen LogP contribution in [0.15, 0.2) is 265 Å². The summed E-state index contributed by atoms with van der Waals surface area (Å²) in [7, 11) is 0. The van der Waals surface area contributed by atoms with E-state index in [1.54, 1.807) is 6.20 Å².